The second-order valence-electron chi connectivity index (χ2n) is 6.96. The highest BCUT2D eigenvalue weighted by molar-refractivity contribution is 5.28. The summed E-state index contributed by atoms with van der Waals surface area (Å²) in [5.41, 5.74) is 2.88. The van der Waals surface area contributed by atoms with Gasteiger partial charge in [-0.05, 0) is 55.8 Å². The summed E-state index contributed by atoms with van der Waals surface area (Å²) < 4.78 is 0. The second kappa shape index (κ2) is 7.95. The van der Waals surface area contributed by atoms with Crippen molar-refractivity contribution >= 4 is 0 Å². The lowest BCUT2D eigenvalue weighted by Gasteiger charge is -2.36. The number of benzene rings is 1. The van der Waals surface area contributed by atoms with Crippen LogP contribution in [-0.2, 0) is 0 Å². The first-order valence-electron chi connectivity index (χ1n) is 8.61. The molecule has 0 spiro atoms. The predicted molar refractivity (Wildman–Crippen MR) is 91.6 cm³/mol. The van der Waals surface area contributed by atoms with Crippen molar-refractivity contribution in [3.63, 3.8) is 0 Å². The van der Waals surface area contributed by atoms with Crippen LogP contribution in [-0.4, -0.2) is 31.1 Å². The van der Waals surface area contributed by atoms with Gasteiger partial charge in [-0.3, -0.25) is 0 Å². The maximum absolute atomic E-state index is 3.68. The highest BCUT2D eigenvalue weighted by atomic mass is 15.1. The number of hydrogen-bond acceptors (Lipinski definition) is 2. The summed E-state index contributed by atoms with van der Waals surface area (Å²) in [6, 6.07) is 9.30. The highest BCUT2D eigenvalue weighted by Gasteiger charge is 2.22. The van der Waals surface area contributed by atoms with Gasteiger partial charge in [-0.15, -0.1) is 0 Å². The average molecular weight is 288 g/mol. The Morgan fingerprint density at radius 1 is 1.19 bits per heavy atom. The molecule has 1 aliphatic heterocycles. The molecule has 0 bridgehead atoms. The lowest BCUT2D eigenvalue weighted by Crippen LogP contribution is -2.40. The van der Waals surface area contributed by atoms with Crippen molar-refractivity contribution in [1.29, 1.82) is 0 Å². The molecule has 21 heavy (non-hydrogen) atoms. The zero-order valence-electron chi connectivity index (χ0n) is 14.2. The third-order valence-corrected chi connectivity index (χ3v) is 4.69. The molecule has 1 fully saturated rings. The van der Waals surface area contributed by atoms with E-state index in [0.717, 1.165) is 18.4 Å². The molecule has 0 saturated carbocycles. The summed E-state index contributed by atoms with van der Waals surface area (Å²) in [6.07, 6.45) is 2.60. The summed E-state index contributed by atoms with van der Waals surface area (Å²) in [4.78, 5) is 2.67. The van der Waals surface area contributed by atoms with Gasteiger partial charge in [0.2, 0.25) is 0 Å². The van der Waals surface area contributed by atoms with Crippen molar-refractivity contribution in [3.8, 4) is 0 Å². The minimum atomic E-state index is 0.490. The fourth-order valence-corrected chi connectivity index (χ4v) is 3.88. The normalized spacial score (nSPS) is 25.0. The van der Waals surface area contributed by atoms with E-state index in [2.05, 4.69) is 62.2 Å². The molecule has 1 aliphatic rings. The minimum Gasteiger partial charge on any atom is -0.310 e. The van der Waals surface area contributed by atoms with Crippen molar-refractivity contribution in [3.05, 3.63) is 35.4 Å². The lowest BCUT2D eigenvalue weighted by molar-refractivity contribution is 0.135. The van der Waals surface area contributed by atoms with Gasteiger partial charge in [-0.2, -0.15) is 0 Å². The van der Waals surface area contributed by atoms with Gasteiger partial charge >= 0.3 is 0 Å². The van der Waals surface area contributed by atoms with E-state index in [4.69, 9.17) is 0 Å². The van der Waals surface area contributed by atoms with Crippen LogP contribution in [0.3, 0.4) is 0 Å². The topological polar surface area (TPSA) is 15.3 Å². The molecule has 1 N–H and O–H groups in total. The Morgan fingerprint density at radius 3 is 2.48 bits per heavy atom. The SMILES string of the molecule is CCNC(CCN1CC(C)CC(C)C1)c1ccccc1C. The fourth-order valence-electron chi connectivity index (χ4n) is 3.88. The van der Waals surface area contributed by atoms with Crippen LogP contribution >= 0.6 is 0 Å². The molecule has 118 valence electrons. The predicted octanol–water partition coefficient (Wildman–Crippen LogP) is 4.01. The standard InChI is InChI=1S/C19H32N2/c1-5-20-19(18-9-7-6-8-17(18)4)10-11-21-13-15(2)12-16(3)14-21/h6-9,15-16,19-20H,5,10-14H2,1-4H3. The number of nitrogens with one attached hydrogen (secondary N) is 1. The molecule has 1 aromatic carbocycles. The first-order chi connectivity index (χ1) is 10.1. The van der Waals surface area contributed by atoms with Gasteiger partial charge < -0.3 is 10.2 Å². The van der Waals surface area contributed by atoms with Crippen LogP contribution in [0, 0.1) is 18.8 Å². The number of piperidine rings is 1. The number of likely N-dealkylation sites (tertiary alicyclic amines) is 1. The van der Waals surface area contributed by atoms with Crippen molar-refractivity contribution < 1.29 is 0 Å². The fraction of sp³-hybridized carbons (Fsp3) is 0.684. The van der Waals surface area contributed by atoms with Gasteiger partial charge in [0.1, 0.15) is 0 Å². The first kappa shape index (κ1) is 16.5. The van der Waals surface area contributed by atoms with Crippen LogP contribution in [0.2, 0.25) is 0 Å². The van der Waals surface area contributed by atoms with E-state index in [1.54, 1.807) is 0 Å². The van der Waals surface area contributed by atoms with Crippen LogP contribution in [0.15, 0.2) is 24.3 Å². The molecule has 3 unspecified atom stereocenters. The lowest BCUT2D eigenvalue weighted by atomic mass is 9.91. The molecule has 0 aromatic heterocycles. The molecular formula is C19H32N2. The van der Waals surface area contributed by atoms with Gasteiger partial charge in [0.25, 0.3) is 0 Å². The van der Waals surface area contributed by atoms with Crippen LogP contribution in [0.1, 0.15) is 50.8 Å². The van der Waals surface area contributed by atoms with Crippen molar-refractivity contribution in [2.75, 3.05) is 26.2 Å². The van der Waals surface area contributed by atoms with Crippen LogP contribution in [0.4, 0.5) is 0 Å². The van der Waals surface area contributed by atoms with E-state index in [0.29, 0.717) is 6.04 Å². The van der Waals surface area contributed by atoms with Crippen molar-refractivity contribution in [2.45, 2.75) is 46.6 Å². The summed E-state index contributed by atoms with van der Waals surface area (Å²) >= 11 is 0. The Hall–Kier alpha value is -0.860. The Morgan fingerprint density at radius 2 is 1.86 bits per heavy atom. The summed E-state index contributed by atoms with van der Waals surface area (Å²) in [6.45, 7) is 14.0. The Bertz CT molecular complexity index is 419. The quantitative estimate of drug-likeness (QED) is 0.850. The third-order valence-electron chi connectivity index (χ3n) is 4.69. The van der Waals surface area contributed by atoms with Crippen molar-refractivity contribution in [1.82, 2.24) is 10.2 Å². The van der Waals surface area contributed by atoms with Crippen LogP contribution in [0.5, 0.6) is 0 Å². The summed E-state index contributed by atoms with van der Waals surface area (Å²) in [5, 5.41) is 3.68. The molecule has 1 heterocycles. The molecule has 1 aromatic rings. The van der Waals surface area contributed by atoms with Gasteiger partial charge in [0.15, 0.2) is 0 Å². The van der Waals surface area contributed by atoms with E-state index in [-0.39, 0.29) is 0 Å². The zero-order valence-corrected chi connectivity index (χ0v) is 14.2. The molecule has 2 heteroatoms. The molecular weight excluding hydrogens is 256 g/mol. The van der Waals surface area contributed by atoms with E-state index in [1.807, 2.05) is 0 Å². The van der Waals surface area contributed by atoms with Crippen LogP contribution in [0.25, 0.3) is 0 Å². The summed E-state index contributed by atoms with van der Waals surface area (Å²) in [5.74, 6) is 1.70. The van der Waals surface area contributed by atoms with Crippen LogP contribution < -0.4 is 5.32 Å². The van der Waals surface area contributed by atoms with E-state index in [9.17, 15) is 0 Å². The minimum absolute atomic E-state index is 0.490. The summed E-state index contributed by atoms with van der Waals surface area (Å²) in [7, 11) is 0. The van der Waals surface area contributed by atoms with E-state index >= 15 is 0 Å². The van der Waals surface area contributed by atoms with Gasteiger partial charge in [-0.25, -0.2) is 0 Å². The van der Waals surface area contributed by atoms with E-state index in [1.165, 1.54) is 43.6 Å². The van der Waals surface area contributed by atoms with Crippen molar-refractivity contribution in [2.24, 2.45) is 11.8 Å². The molecule has 2 rings (SSSR count). The molecule has 0 radical (unpaired) electrons. The highest BCUT2D eigenvalue weighted by Crippen LogP contribution is 2.24. The first-order valence-corrected chi connectivity index (χ1v) is 8.61. The maximum atomic E-state index is 3.68. The Kier molecular flexibility index (Phi) is 6.25. The Labute approximate surface area is 130 Å². The number of nitrogens with zero attached hydrogens (tertiary/aromatic N) is 1. The number of rotatable bonds is 6. The Balaban J connectivity index is 1.96. The molecule has 0 amide bonds. The molecule has 2 nitrogen and oxygen atoms in total. The maximum Gasteiger partial charge on any atom is 0.0334 e. The molecule has 3 atom stereocenters. The smallest absolute Gasteiger partial charge is 0.0334 e. The zero-order chi connectivity index (χ0) is 15.2. The van der Waals surface area contributed by atoms with Gasteiger partial charge in [-0.1, -0.05) is 45.0 Å². The monoisotopic (exact) mass is 288 g/mol. The number of aryl methyl sites for hydroxylation is 1. The second-order valence-corrected chi connectivity index (χ2v) is 6.96. The third kappa shape index (κ3) is 4.82. The van der Waals surface area contributed by atoms with E-state index < -0.39 is 0 Å². The number of hydrogen-bond donors (Lipinski definition) is 1. The molecule has 0 aliphatic carbocycles. The van der Waals surface area contributed by atoms with Gasteiger partial charge in [0, 0.05) is 19.1 Å². The average Bonchev–Trinajstić information content (AvgIpc) is 2.43. The largest absolute Gasteiger partial charge is 0.310 e. The van der Waals surface area contributed by atoms with Gasteiger partial charge in [0.05, 0.1) is 0 Å². The molecule has 1 saturated heterocycles.